The molecule has 0 aliphatic carbocycles. The third kappa shape index (κ3) is 2.31. The van der Waals surface area contributed by atoms with E-state index in [2.05, 4.69) is 46.5 Å². The maximum Gasteiger partial charge on any atom is 0.0436 e. The minimum absolute atomic E-state index is 0.487. The second-order valence-electron chi connectivity index (χ2n) is 3.18. The zero-order valence-electron chi connectivity index (χ0n) is 7.60. The van der Waals surface area contributed by atoms with Crippen LogP contribution in [0.3, 0.4) is 0 Å². The fourth-order valence-corrected chi connectivity index (χ4v) is 3.02. The molecule has 68 valence electrons. The number of rotatable bonds is 3. The standard InChI is InChI=1S/C9H14BrNS/c1-6(2)9(11-3)8-4-7(10)5-12-8/h4-6,9,11H,1-3H3. The SMILES string of the molecule is CNC(c1cc(Br)cs1)C(C)C. The Morgan fingerprint density at radius 3 is 2.50 bits per heavy atom. The van der Waals surface area contributed by atoms with Crippen molar-refractivity contribution < 1.29 is 0 Å². The summed E-state index contributed by atoms with van der Waals surface area (Å²) in [5.74, 6) is 0.639. The first-order valence-corrected chi connectivity index (χ1v) is 5.73. The molecule has 1 N–H and O–H groups in total. The molecule has 0 amide bonds. The third-order valence-corrected chi connectivity index (χ3v) is 3.65. The van der Waals surface area contributed by atoms with Gasteiger partial charge < -0.3 is 5.32 Å². The molecular weight excluding hydrogens is 234 g/mol. The monoisotopic (exact) mass is 247 g/mol. The highest BCUT2D eigenvalue weighted by Crippen LogP contribution is 2.29. The van der Waals surface area contributed by atoms with E-state index in [1.807, 2.05) is 7.05 Å². The highest BCUT2D eigenvalue weighted by Gasteiger charge is 2.14. The quantitative estimate of drug-likeness (QED) is 0.864. The molecule has 3 heteroatoms. The van der Waals surface area contributed by atoms with Crippen LogP contribution < -0.4 is 5.32 Å². The van der Waals surface area contributed by atoms with Crippen LogP contribution in [0.5, 0.6) is 0 Å². The van der Waals surface area contributed by atoms with E-state index in [-0.39, 0.29) is 0 Å². The van der Waals surface area contributed by atoms with Gasteiger partial charge >= 0.3 is 0 Å². The first-order chi connectivity index (χ1) is 5.65. The maximum atomic E-state index is 3.46. The largest absolute Gasteiger partial charge is 0.312 e. The lowest BCUT2D eigenvalue weighted by Gasteiger charge is -2.18. The molecule has 1 aromatic heterocycles. The van der Waals surface area contributed by atoms with Gasteiger partial charge in [0.2, 0.25) is 0 Å². The molecule has 0 aliphatic rings. The van der Waals surface area contributed by atoms with Crippen molar-refractivity contribution >= 4 is 27.3 Å². The summed E-state index contributed by atoms with van der Waals surface area (Å²) >= 11 is 5.26. The van der Waals surface area contributed by atoms with Crippen LogP contribution in [0.15, 0.2) is 15.9 Å². The number of hydrogen-bond acceptors (Lipinski definition) is 2. The van der Waals surface area contributed by atoms with E-state index in [1.54, 1.807) is 11.3 Å². The summed E-state index contributed by atoms with van der Waals surface area (Å²) in [6.07, 6.45) is 0. The minimum Gasteiger partial charge on any atom is -0.312 e. The van der Waals surface area contributed by atoms with Crippen molar-refractivity contribution in [2.45, 2.75) is 19.9 Å². The molecule has 1 nitrogen and oxygen atoms in total. The molecule has 0 radical (unpaired) electrons. The van der Waals surface area contributed by atoms with Gasteiger partial charge in [0.1, 0.15) is 0 Å². The van der Waals surface area contributed by atoms with Crippen molar-refractivity contribution in [1.82, 2.24) is 5.32 Å². The van der Waals surface area contributed by atoms with Gasteiger partial charge in [0.15, 0.2) is 0 Å². The Hall–Kier alpha value is 0.140. The van der Waals surface area contributed by atoms with Crippen LogP contribution in [0.1, 0.15) is 24.8 Å². The van der Waals surface area contributed by atoms with E-state index in [1.165, 1.54) is 9.35 Å². The van der Waals surface area contributed by atoms with E-state index in [0.29, 0.717) is 12.0 Å². The first kappa shape index (κ1) is 10.2. The van der Waals surface area contributed by atoms with Crippen molar-refractivity contribution in [3.8, 4) is 0 Å². The van der Waals surface area contributed by atoms with E-state index in [0.717, 1.165) is 0 Å². The topological polar surface area (TPSA) is 12.0 Å². The van der Waals surface area contributed by atoms with Gasteiger partial charge in [-0.3, -0.25) is 0 Å². The second-order valence-corrected chi connectivity index (χ2v) is 5.04. The molecule has 0 aliphatic heterocycles. The Morgan fingerprint density at radius 2 is 2.17 bits per heavy atom. The molecule has 1 heterocycles. The van der Waals surface area contributed by atoms with Crippen molar-refractivity contribution in [1.29, 1.82) is 0 Å². The maximum absolute atomic E-state index is 3.46. The van der Waals surface area contributed by atoms with E-state index >= 15 is 0 Å². The average Bonchev–Trinajstić information content (AvgIpc) is 2.37. The molecule has 1 aromatic rings. The van der Waals surface area contributed by atoms with Gasteiger partial charge in [-0.05, 0) is 35.0 Å². The Morgan fingerprint density at radius 1 is 1.50 bits per heavy atom. The summed E-state index contributed by atoms with van der Waals surface area (Å²) in [4.78, 5) is 1.40. The predicted molar refractivity (Wildman–Crippen MR) is 58.7 cm³/mol. The number of hydrogen-bond donors (Lipinski definition) is 1. The molecule has 0 saturated carbocycles. The lowest BCUT2D eigenvalue weighted by molar-refractivity contribution is 0.449. The van der Waals surface area contributed by atoms with E-state index in [9.17, 15) is 0 Å². The van der Waals surface area contributed by atoms with Crippen LogP contribution in [-0.4, -0.2) is 7.05 Å². The number of thiophene rings is 1. The Balaban J connectivity index is 2.80. The van der Waals surface area contributed by atoms with Crippen molar-refractivity contribution in [3.63, 3.8) is 0 Å². The molecule has 0 fully saturated rings. The average molecular weight is 248 g/mol. The van der Waals surface area contributed by atoms with Crippen LogP contribution in [0.25, 0.3) is 0 Å². The number of nitrogens with one attached hydrogen (secondary N) is 1. The van der Waals surface area contributed by atoms with Gasteiger partial charge in [0, 0.05) is 20.8 Å². The molecule has 1 rings (SSSR count). The van der Waals surface area contributed by atoms with Gasteiger partial charge in [-0.15, -0.1) is 11.3 Å². The van der Waals surface area contributed by atoms with Gasteiger partial charge in [-0.2, -0.15) is 0 Å². The summed E-state index contributed by atoms with van der Waals surface area (Å²) in [6, 6.07) is 2.67. The summed E-state index contributed by atoms with van der Waals surface area (Å²) < 4.78 is 1.18. The normalized spacial score (nSPS) is 13.8. The summed E-state index contributed by atoms with van der Waals surface area (Å²) in [6.45, 7) is 4.46. The third-order valence-electron chi connectivity index (χ3n) is 1.87. The van der Waals surface area contributed by atoms with Crippen molar-refractivity contribution in [2.75, 3.05) is 7.05 Å². The van der Waals surface area contributed by atoms with Gasteiger partial charge in [-0.25, -0.2) is 0 Å². The lowest BCUT2D eigenvalue weighted by atomic mass is 10.0. The van der Waals surface area contributed by atoms with E-state index in [4.69, 9.17) is 0 Å². The Kier molecular flexibility index (Phi) is 3.75. The highest BCUT2D eigenvalue weighted by molar-refractivity contribution is 9.10. The first-order valence-electron chi connectivity index (χ1n) is 4.06. The molecule has 12 heavy (non-hydrogen) atoms. The van der Waals surface area contributed by atoms with Crippen molar-refractivity contribution in [2.24, 2.45) is 5.92 Å². The second kappa shape index (κ2) is 4.40. The summed E-state index contributed by atoms with van der Waals surface area (Å²) in [7, 11) is 2.01. The van der Waals surface area contributed by atoms with Crippen molar-refractivity contribution in [3.05, 3.63) is 20.8 Å². The van der Waals surface area contributed by atoms with Crippen LogP contribution >= 0.6 is 27.3 Å². The highest BCUT2D eigenvalue weighted by atomic mass is 79.9. The molecular formula is C9H14BrNS. The summed E-state index contributed by atoms with van der Waals surface area (Å²) in [5.41, 5.74) is 0. The van der Waals surface area contributed by atoms with Crippen LogP contribution in [0.4, 0.5) is 0 Å². The molecule has 1 unspecified atom stereocenters. The van der Waals surface area contributed by atoms with Gasteiger partial charge in [0.05, 0.1) is 0 Å². The minimum atomic E-state index is 0.487. The molecule has 1 atom stereocenters. The Bertz CT molecular complexity index is 244. The van der Waals surface area contributed by atoms with E-state index < -0.39 is 0 Å². The Labute approximate surface area is 86.3 Å². The molecule has 0 saturated heterocycles. The smallest absolute Gasteiger partial charge is 0.0436 e. The predicted octanol–water partition coefficient (Wildman–Crippen LogP) is 3.43. The fraction of sp³-hybridized carbons (Fsp3) is 0.556. The lowest BCUT2D eigenvalue weighted by Crippen LogP contribution is -2.20. The zero-order chi connectivity index (χ0) is 9.14. The van der Waals surface area contributed by atoms with Gasteiger partial charge in [-0.1, -0.05) is 13.8 Å². The fourth-order valence-electron chi connectivity index (χ4n) is 1.30. The van der Waals surface area contributed by atoms with Crippen LogP contribution in [0, 0.1) is 5.92 Å². The summed E-state index contributed by atoms with van der Waals surface area (Å²) in [5, 5.41) is 5.45. The molecule has 0 bridgehead atoms. The molecule has 0 aromatic carbocycles. The zero-order valence-corrected chi connectivity index (χ0v) is 10.00. The van der Waals surface area contributed by atoms with Crippen LogP contribution in [0.2, 0.25) is 0 Å². The molecule has 0 spiro atoms. The van der Waals surface area contributed by atoms with Crippen LogP contribution in [-0.2, 0) is 0 Å². The van der Waals surface area contributed by atoms with Gasteiger partial charge in [0.25, 0.3) is 0 Å². The number of halogens is 1.